The van der Waals surface area contributed by atoms with Gasteiger partial charge in [0.15, 0.2) is 0 Å². The van der Waals surface area contributed by atoms with Crippen LogP contribution < -0.4 is 0 Å². The highest BCUT2D eigenvalue weighted by molar-refractivity contribution is 6.03. The third-order valence-corrected chi connectivity index (χ3v) is 6.59. The largest absolute Gasteiger partial charge is 0.478 e. The van der Waals surface area contributed by atoms with E-state index in [0.29, 0.717) is 5.56 Å². The van der Waals surface area contributed by atoms with Gasteiger partial charge < -0.3 is 5.11 Å². The van der Waals surface area contributed by atoms with E-state index in [2.05, 4.69) is 18.2 Å². The van der Waals surface area contributed by atoms with E-state index in [4.69, 9.17) is 5.11 Å². The second-order valence-electron chi connectivity index (χ2n) is 8.51. The number of nitro groups is 1. The van der Waals surface area contributed by atoms with E-state index in [1.54, 1.807) is 24.3 Å². The zero-order chi connectivity index (χ0) is 23.7. The highest BCUT2D eigenvalue weighted by Gasteiger charge is 2.24. The minimum atomic E-state index is -0.878. The molecule has 2 aliphatic carbocycles. The number of nitrogens with zero attached hydrogens (tertiary/aromatic N) is 1. The van der Waals surface area contributed by atoms with Crippen LogP contribution in [0.5, 0.6) is 0 Å². The molecule has 34 heavy (non-hydrogen) atoms. The van der Waals surface area contributed by atoms with Gasteiger partial charge in [-0.15, -0.1) is 0 Å². The Labute approximate surface area is 196 Å². The monoisotopic (exact) mass is 449 g/mol. The van der Waals surface area contributed by atoms with Gasteiger partial charge in [0.2, 0.25) is 0 Å². The van der Waals surface area contributed by atoms with E-state index in [0.717, 1.165) is 52.8 Å². The van der Waals surface area contributed by atoms with Gasteiger partial charge in [-0.25, -0.2) is 4.79 Å². The third kappa shape index (κ3) is 3.86. The molecule has 0 atom stereocenters. The molecule has 1 N–H and O–H groups in total. The lowest BCUT2D eigenvalue weighted by molar-refractivity contribution is -0.383. The van der Waals surface area contributed by atoms with Crippen LogP contribution in [0.25, 0.3) is 27.1 Å². The van der Waals surface area contributed by atoms with E-state index < -0.39 is 5.97 Å². The smallest absolute Gasteiger partial charge is 0.336 e. The fourth-order valence-electron chi connectivity index (χ4n) is 5.04. The van der Waals surface area contributed by atoms with Gasteiger partial charge in [-0.3, -0.25) is 10.1 Å². The predicted octanol–water partition coefficient (Wildman–Crippen LogP) is 7.34. The lowest BCUT2D eigenvalue weighted by atomic mass is 9.79. The Morgan fingerprint density at radius 1 is 0.853 bits per heavy atom. The van der Waals surface area contributed by atoms with Crippen LogP contribution in [-0.2, 0) is 6.42 Å². The number of hydrogen-bond acceptors (Lipinski definition) is 3. The first-order valence-corrected chi connectivity index (χ1v) is 11.3. The zero-order valence-corrected chi connectivity index (χ0v) is 18.5. The minimum absolute atomic E-state index is 0.230. The summed E-state index contributed by atoms with van der Waals surface area (Å²) in [6.45, 7) is 0. The quantitative estimate of drug-likeness (QED) is 0.256. The molecule has 0 bridgehead atoms. The van der Waals surface area contributed by atoms with E-state index in [9.17, 15) is 14.9 Å². The van der Waals surface area contributed by atoms with Crippen LogP contribution in [0, 0.1) is 10.1 Å². The first kappa shape index (κ1) is 21.6. The summed E-state index contributed by atoms with van der Waals surface area (Å²) in [6.07, 6.45) is 8.57. The second-order valence-corrected chi connectivity index (χ2v) is 8.51. The number of carboxylic acid groups (broad SMARTS) is 1. The maximum absolute atomic E-state index is 11.4. The Bertz CT molecular complexity index is 1510. The number of hydrogen-bond donors (Lipinski definition) is 1. The van der Waals surface area contributed by atoms with Gasteiger partial charge in [0.05, 0.1) is 15.9 Å². The molecule has 0 heterocycles. The van der Waals surface area contributed by atoms with Crippen molar-refractivity contribution in [2.24, 2.45) is 0 Å². The molecule has 6 rings (SSSR count). The number of carboxylic acids is 1. The van der Waals surface area contributed by atoms with Crippen LogP contribution in [0.4, 0.5) is 5.69 Å². The topological polar surface area (TPSA) is 80.4 Å². The lowest BCUT2D eigenvalue weighted by Crippen LogP contribution is -2.07. The molecule has 5 nitrogen and oxygen atoms in total. The summed E-state index contributed by atoms with van der Waals surface area (Å²) < 4.78 is 0. The van der Waals surface area contributed by atoms with E-state index in [1.807, 2.05) is 42.5 Å². The van der Waals surface area contributed by atoms with E-state index >= 15 is 0 Å². The molecule has 0 unspecified atom stereocenters. The number of fused-ring (bicyclic) bond motifs is 5. The van der Waals surface area contributed by atoms with E-state index in [1.165, 1.54) is 16.7 Å². The molecule has 5 heteroatoms. The summed E-state index contributed by atoms with van der Waals surface area (Å²) in [6, 6.07) is 22.2. The SMILES string of the molecule is O=C(O)c1cccc2ccccc12.O=[N+]([O-])c1cccc2ccc3c(c12)CCC1=C3C=CCC1. The molecule has 168 valence electrons. The number of aryl methyl sites for hydroxylation is 1. The molecule has 4 aromatic rings. The standard InChI is InChI=1S/C18H15NO2.C11H8O2/c20-19(21)17-7-3-5-13-9-10-15-14-6-2-1-4-12(14)8-11-16(15)18(13)17;12-11(13)10-7-3-5-8-4-1-2-6-9(8)10/h2-3,5-7,9-10H,1,4,8,11H2;1-7H,(H,12,13). The number of rotatable bonds is 2. The number of carbonyl (C=O) groups is 1. The van der Waals surface area contributed by atoms with Gasteiger partial charge in [-0.05, 0) is 64.6 Å². The van der Waals surface area contributed by atoms with Gasteiger partial charge >= 0.3 is 5.97 Å². The summed E-state index contributed by atoms with van der Waals surface area (Å²) in [5.74, 6) is -0.878. The van der Waals surface area contributed by atoms with Crippen LogP contribution in [-0.4, -0.2) is 16.0 Å². The Hall–Kier alpha value is -4.25. The molecule has 0 radical (unpaired) electrons. The molecule has 0 spiro atoms. The fourth-order valence-corrected chi connectivity index (χ4v) is 5.04. The number of aromatic carboxylic acids is 1. The number of allylic oxidation sites excluding steroid dienone is 4. The molecule has 2 aliphatic rings. The predicted molar refractivity (Wildman–Crippen MR) is 135 cm³/mol. The summed E-state index contributed by atoms with van der Waals surface area (Å²) in [7, 11) is 0. The Morgan fingerprint density at radius 2 is 1.62 bits per heavy atom. The first-order valence-electron chi connectivity index (χ1n) is 11.3. The van der Waals surface area contributed by atoms with Crippen molar-refractivity contribution >= 4 is 38.8 Å². The van der Waals surface area contributed by atoms with Crippen molar-refractivity contribution in [2.45, 2.75) is 25.7 Å². The van der Waals surface area contributed by atoms with Crippen LogP contribution in [0.1, 0.15) is 40.7 Å². The van der Waals surface area contributed by atoms with Crippen LogP contribution in [0.15, 0.2) is 90.5 Å². The zero-order valence-electron chi connectivity index (χ0n) is 18.5. The number of non-ortho nitro benzene ring substituents is 1. The maximum Gasteiger partial charge on any atom is 0.336 e. The van der Waals surface area contributed by atoms with Crippen molar-refractivity contribution in [1.29, 1.82) is 0 Å². The fraction of sp³-hybridized carbons (Fsp3) is 0.138. The van der Waals surface area contributed by atoms with Crippen LogP contribution >= 0.6 is 0 Å². The highest BCUT2D eigenvalue weighted by atomic mass is 16.6. The third-order valence-electron chi connectivity index (χ3n) is 6.59. The Balaban J connectivity index is 0.000000159. The van der Waals surface area contributed by atoms with Crippen molar-refractivity contribution in [2.75, 3.05) is 0 Å². The molecule has 0 fully saturated rings. The molecular formula is C29H23NO4. The molecule has 0 saturated carbocycles. The normalized spacial score (nSPS) is 14.2. The number of benzene rings is 4. The molecule has 0 amide bonds. The molecule has 0 saturated heterocycles. The molecular weight excluding hydrogens is 426 g/mol. The van der Waals surface area contributed by atoms with Crippen molar-refractivity contribution < 1.29 is 14.8 Å². The van der Waals surface area contributed by atoms with Crippen LogP contribution in [0.3, 0.4) is 0 Å². The molecule has 4 aromatic carbocycles. The Morgan fingerprint density at radius 3 is 2.44 bits per heavy atom. The van der Waals surface area contributed by atoms with Gasteiger partial charge in [0.25, 0.3) is 5.69 Å². The second kappa shape index (κ2) is 8.94. The lowest BCUT2D eigenvalue weighted by Gasteiger charge is -2.25. The van der Waals surface area contributed by atoms with E-state index in [-0.39, 0.29) is 10.6 Å². The molecule has 0 aliphatic heterocycles. The summed E-state index contributed by atoms with van der Waals surface area (Å²) in [4.78, 5) is 21.9. The number of nitro benzene ring substituents is 1. The molecule has 0 aromatic heterocycles. The average Bonchev–Trinajstić information content (AvgIpc) is 2.87. The summed E-state index contributed by atoms with van der Waals surface area (Å²) in [5, 5.41) is 23.8. The van der Waals surface area contributed by atoms with Crippen LogP contribution in [0.2, 0.25) is 0 Å². The van der Waals surface area contributed by atoms with Crippen molar-refractivity contribution in [3.63, 3.8) is 0 Å². The summed E-state index contributed by atoms with van der Waals surface area (Å²) >= 11 is 0. The maximum atomic E-state index is 11.4. The highest BCUT2D eigenvalue weighted by Crippen LogP contribution is 2.42. The summed E-state index contributed by atoms with van der Waals surface area (Å²) in [5.41, 5.74) is 5.72. The van der Waals surface area contributed by atoms with Gasteiger partial charge in [-0.1, -0.05) is 78.4 Å². The average molecular weight is 450 g/mol. The van der Waals surface area contributed by atoms with Gasteiger partial charge in [0, 0.05) is 6.07 Å². The van der Waals surface area contributed by atoms with Crippen molar-refractivity contribution in [1.82, 2.24) is 0 Å². The van der Waals surface area contributed by atoms with Gasteiger partial charge in [-0.2, -0.15) is 0 Å². The first-order chi connectivity index (χ1) is 16.5. The minimum Gasteiger partial charge on any atom is -0.478 e. The van der Waals surface area contributed by atoms with Gasteiger partial charge in [0.1, 0.15) is 0 Å². The Kier molecular flexibility index (Phi) is 5.68. The van der Waals surface area contributed by atoms with Crippen molar-refractivity contribution in [3.05, 3.63) is 117 Å². The van der Waals surface area contributed by atoms with Crippen molar-refractivity contribution in [3.8, 4) is 0 Å².